The fourth-order valence-corrected chi connectivity index (χ4v) is 2.21. The van der Waals surface area contributed by atoms with E-state index in [0.717, 1.165) is 11.8 Å². The summed E-state index contributed by atoms with van der Waals surface area (Å²) in [6.07, 6.45) is 9.53. The highest BCUT2D eigenvalue weighted by molar-refractivity contribution is 5.14. The lowest BCUT2D eigenvalue weighted by molar-refractivity contribution is 0.647. The molecule has 1 rings (SSSR count). The fraction of sp³-hybridized carbons (Fsp3) is 0.565. The average molecular weight is 315 g/mol. The first-order valence-electron chi connectivity index (χ1n) is 9.14. The van der Waals surface area contributed by atoms with E-state index in [0.29, 0.717) is 0 Å². The second-order valence-corrected chi connectivity index (χ2v) is 7.58. The van der Waals surface area contributed by atoms with Crippen LogP contribution in [-0.2, 0) is 6.42 Å². The Kier molecular flexibility index (Phi) is 12.4. The van der Waals surface area contributed by atoms with Crippen LogP contribution >= 0.6 is 0 Å². The van der Waals surface area contributed by atoms with Crippen molar-refractivity contribution in [1.82, 2.24) is 0 Å². The molecule has 0 fully saturated rings. The van der Waals surface area contributed by atoms with Gasteiger partial charge in [0.05, 0.1) is 0 Å². The molecule has 0 aliphatic carbocycles. The summed E-state index contributed by atoms with van der Waals surface area (Å²) >= 11 is 0. The molecule has 0 atom stereocenters. The van der Waals surface area contributed by atoms with Gasteiger partial charge >= 0.3 is 0 Å². The number of benzene rings is 1. The van der Waals surface area contributed by atoms with Gasteiger partial charge in [-0.05, 0) is 63.9 Å². The molecule has 0 spiro atoms. The van der Waals surface area contributed by atoms with Crippen LogP contribution in [0.1, 0.15) is 73.3 Å². The van der Waals surface area contributed by atoms with E-state index in [9.17, 15) is 0 Å². The van der Waals surface area contributed by atoms with E-state index in [2.05, 4.69) is 91.0 Å². The predicted octanol–water partition coefficient (Wildman–Crippen LogP) is 7.61. The Labute approximate surface area is 145 Å². The summed E-state index contributed by atoms with van der Waals surface area (Å²) in [5.74, 6) is 1.56. The molecule has 0 saturated carbocycles. The third-order valence-electron chi connectivity index (χ3n) is 3.52. The van der Waals surface area contributed by atoms with E-state index in [1.54, 1.807) is 0 Å². The summed E-state index contributed by atoms with van der Waals surface area (Å²) in [6.45, 7) is 15.6. The number of hydrogen-bond acceptors (Lipinski definition) is 0. The topological polar surface area (TPSA) is 0 Å². The molecule has 0 bridgehead atoms. The molecule has 1 aromatic rings. The Hall–Kier alpha value is -1.30. The third kappa shape index (κ3) is 15.4. The molecule has 0 amide bonds. The molecule has 0 aliphatic heterocycles. The Morgan fingerprint density at radius 3 is 1.96 bits per heavy atom. The Morgan fingerprint density at radius 1 is 0.870 bits per heavy atom. The normalized spacial score (nSPS) is 11.3. The van der Waals surface area contributed by atoms with Crippen LogP contribution in [0.5, 0.6) is 0 Å². The SMILES string of the molecule is CC(C)=CCC/C(C)=C/CC(C)C.CC(C)Cc1ccccc1. The maximum Gasteiger partial charge on any atom is -0.0256 e. The van der Waals surface area contributed by atoms with Crippen LogP contribution < -0.4 is 0 Å². The molecule has 0 heteroatoms. The molecule has 0 radical (unpaired) electrons. The molecule has 0 nitrogen and oxygen atoms in total. The third-order valence-corrected chi connectivity index (χ3v) is 3.52. The lowest BCUT2D eigenvalue weighted by atomic mass is 10.0. The minimum atomic E-state index is 0.766. The maximum atomic E-state index is 2.38. The molecule has 0 unspecified atom stereocenters. The molecular formula is C23H38. The number of hydrogen-bond donors (Lipinski definition) is 0. The van der Waals surface area contributed by atoms with Gasteiger partial charge in [0.2, 0.25) is 0 Å². The zero-order valence-corrected chi connectivity index (χ0v) is 16.5. The van der Waals surface area contributed by atoms with Gasteiger partial charge in [-0.25, -0.2) is 0 Å². The molecule has 0 aliphatic rings. The van der Waals surface area contributed by atoms with Gasteiger partial charge in [-0.2, -0.15) is 0 Å². The quantitative estimate of drug-likeness (QED) is 0.454. The molecule has 0 saturated heterocycles. The number of allylic oxidation sites excluding steroid dienone is 4. The van der Waals surface area contributed by atoms with Crippen molar-refractivity contribution in [3.63, 3.8) is 0 Å². The summed E-state index contributed by atoms with van der Waals surface area (Å²) in [5.41, 5.74) is 4.40. The molecule has 0 N–H and O–H groups in total. The lowest BCUT2D eigenvalue weighted by Crippen LogP contribution is -1.92. The first kappa shape index (κ1) is 21.7. The van der Waals surface area contributed by atoms with Crippen LogP contribution in [-0.4, -0.2) is 0 Å². The van der Waals surface area contributed by atoms with Crippen molar-refractivity contribution in [2.24, 2.45) is 11.8 Å². The van der Waals surface area contributed by atoms with E-state index < -0.39 is 0 Å². The lowest BCUT2D eigenvalue weighted by Gasteiger charge is -2.02. The minimum absolute atomic E-state index is 0.766. The molecule has 0 heterocycles. The van der Waals surface area contributed by atoms with Gasteiger partial charge in [0, 0.05) is 0 Å². The summed E-state index contributed by atoms with van der Waals surface area (Å²) in [5, 5.41) is 0. The molecule has 130 valence electrons. The van der Waals surface area contributed by atoms with E-state index in [-0.39, 0.29) is 0 Å². The van der Waals surface area contributed by atoms with Gasteiger partial charge in [0.25, 0.3) is 0 Å². The van der Waals surface area contributed by atoms with Crippen molar-refractivity contribution in [2.75, 3.05) is 0 Å². The van der Waals surface area contributed by atoms with Gasteiger partial charge in [-0.15, -0.1) is 0 Å². The highest BCUT2D eigenvalue weighted by Crippen LogP contribution is 2.10. The van der Waals surface area contributed by atoms with Crippen LogP contribution in [0.2, 0.25) is 0 Å². The molecular weight excluding hydrogens is 276 g/mol. The fourth-order valence-electron chi connectivity index (χ4n) is 2.21. The highest BCUT2D eigenvalue weighted by atomic mass is 14.0. The minimum Gasteiger partial charge on any atom is -0.0856 e. The van der Waals surface area contributed by atoms with Crippen LogP contribution in [0.15, 0.2) is 53.6 Å². The van der Waals surface area contributed by atoms with Crippen molar-refractivity contribution in [2.45, 2.75) is 74.1 Å². The second-order valence-electron chi connectivity index (χ2n) is 7.58. The predicted molar refractivity (Wildman–Crippen MR) is 107 cm³/mol. The summed E-state index contributed by atoms with van der Waals surface area (Å²) < 4.78 is 0. The van der Waals surface area contributed by atoms with Crippen LogP contribution in [0.3, 0.4) is 0 Å². The maximum absolute atomic E-state index is 2.38. The molecule has 0 aromatic heterocycles. The average Bonchev–Trinajstić information content (AvgIpc) is 2.46. The van der Waals surface area contributed by atoms with Crippen molar-refractivity contribution >= 4 is 0 Å². The van der Waals surface area contributed by atoms with Crippen molar-refractivity contribution in [1.29, 1.82) is 0 Å². The zero-order chi connectivity index (χ0) is 17.7. The van der Waals surface area contributed by atoms with E-state index in [4.69, 9.17) is 0 Å². The molecule has 23 heavy (non-hydrogen) atoms. The summed E-state index contributed by atoms with van der Waals surface area (Å²) in [6, 6.07) is 10.6. The monoisotopic (exact) mass is 314 g/mol. The summed E-state index contributed by atoms with van der Waals surface area (Å²) in [7, 11) is 0. The second kappa shape index (κ2) is 13.2. The largest absolute Gasteiger partial charge is 0.0856 e. The smallest absolute Gasteiger partial charge is 0.0256 e. The first-order valence-corrected chi connectivity index (χ1v) is 9.14. The highest BCUT2D eigenvalue weighted by Gasteiger charge is 1.94. The Bertz CT molecular complexity index is 442. The van der Waals surface area contributed by atoms with Gasteiger partial charge in [0.15, 0.2) is 0 Å². The van der Waals surface area contributed by atoms with Gasteiger partial charge < -0.3 is 0 Å². The van der Waals surface area contributed by atoms with Gasteiger partial charge in [0.1, 0.15) is 0 Å². The van der Waals surface area contributed by atoms with Gasteiger partial charge in [-0.1, -0.05) is 81.3 Å². The van der Waals surface area contributed by atoms with Crippen molar-refractivity contribution < 1.29 is 0 Å². The Balaban J connectivity index is 0.000000433. The van der Waals surface area contributed by atoms with E-state index in [1.807, 2.05) is 0 Å². The standard InChI is InChI=1S/C13H24.C10H14/c1-11(2)7-6-8-13(5)10-9-12(3)4;1-9(2)8-10-6-4-3-5-7-10/h7,10,12H,6,8-9H2,1-5H3;3-7,9H,8H2,1-2H3/b13-10+;. The van der Waals surface area contributed by atoms with Gasteiger partial charge in [-0.3, -0.25) is 0 Å². The Morgan fingerprint density at radius 2 is 1.48 bits per heavy atom. The van der Waals surface area contributed by atoms with Crippen LogP contribution in [0.4, 0.5) is 0 Å². The number of rotatable bonds is 7. The first-order chi connectivity index (χ1) is 10.8. The van der Waals surface area contributed by atoms with Crippen LogP contribution in [0.25, 0.3) is 0 Å². The van der Waals surface area contributed by atoms with Crippen LogP contribution in [0, 0.1) is 11.8 Å². The molecule has 1 aromatic carbocycles. The van der Waals surface area contributed by atoms with E-state index in [1.165, 1.54) is 42.4 Å². The zero-order valence-electron chi connectivity index (χ0n) is 16.5. The summed E-state index contributed by atoms with van der Waals surface area (Å²) in [4.78, 5) is 0. The van der Waals surface area contributed by atoms with Crippen molar-refractivity contribution in [3.8, 4) is 0 Å². The van der Waals surface area contributed by atoms with E-state index >= 15 is 0 Å². The van der Waals surface area contributed by atoms with Crippen molar-refractivity contribution in [3.05, 3.63) is 59.2 Å².